The van der Waals surface area contributed by atoms with E-state index in [9.17, 15) is 13.2 Å². The maximum atomic E-state index is 12.1. The summed E-state index contributed by atoms with van der Waals surface area (Å²) in [5.74, 6) is 0.837. The number of halogens is 3. The van der Waals surface area contributed by atoms with E-state index >= 15 is 0 Å². The van der Waals surface area contributed by atoms with Crippen molar-refractivity contribution in [3.05, 3.63) is 29.8 Å². The van der Waals surface area contributed by atoms with E-state index in [1.807, 2.05) is 0 Å². The highest BCUT2D eigenvalue weighted by Gasteiger charge is 2.30. The van der Waals surface area contributed by atoms with Gasteiger partial charge in [-0.05, 0) is 37.5 Å². The zero-order valence-corrected chi connectivity index (χ0v) is 14.4. The van der Waals surface area contributed by atoms with Gasteiger partial charge < -0.3 is 20.1 Å². The lowest BCUT2D eigenvalue weighted by Gasteiger charge is -2.24. The molecule has 1 aliphatic heterocycles. The van der Waals surface area contributed by atoms with Crippen molar-refractivity contribution >= 4 is 5.96 Å². The Bertz CT molecular complexity index is 567. The van der Waals surface area contributed by atoms with E-state index in [1.54, 1.807) is 19.2 Å². The molecule has 0 radical (unpaired) electrons. The molecule has 1 aromatic carbocycles. The van der Waals surface area contributed by atoms with Crippen LogP contribution < -0.4 is 15.4 Å². The molecule has 8 heteroatoms. The van der Waals surface area contributed by atoms with Crippen molar-refractivity contribution in [2.75, 3.05) is 26.8 Å². The summed E-state index contributed by atoms with van der Waals surface area (Å²) < 4.78 is 46.8. The Kier molecular flexibility index (Phi) is 6.52. The van der Waals surface area contributed by atoms with Gasteiger partial charge >= 0.3 is 6.18 Å². The van der Waals surface area contributed by atoms with Crippen LogP contribution in [0.3, 0.4) is 0 Å². The molecule has 0 spiro atoms. The van der Waals surface area contributed by atoms with Crippen molar-refractivity contribution in [1.82, 2.24) is 10.6 Å². The predicted molar refractivity (Wildman–Crippen MR) is 89.8 cm³/mol. The maximum Gasteiger partial charge on any atom is 0.422 e. The predicted octanol–water partition coefficient (Wildman–Crippen LogP) is 2.86. The van der Waals surface area contributed by atoms with Gasteiger partial charge in [-0.2, -0.15) is 13.2 Å². The maximum absolute atomic E-state index is 12.1. The minimum Gasteiger partial charge on any atom is -0.484 e. The molecule has 0 aromatic heterocycles. The summed E-state index contributed by atoms with van der Waals surface area (Å²) in [6, 6.07) is 6.47. The van der Waals surface area contributed by atoms with Crippen LogP contribution in [-0.4, -0.2) is 44.5 Å². The molecule has 1 saturated heterocycles. The molecule has 0 bridgehead atoms. The lowest BCUT2D eigenvalue weighted by atomic mass is 10.0. The fraction of sp³-hybridized carbons (Fsp3) is 0.588. The normalized spacial score (nSPS) is 21.2. The number of hydrogen-bond acceptors (Lipinski definition) is 3. The van der Waals surface area contributed by atoms with Crippen LogP contribution in [0.25, 0.3) is 0 Å². The zero-order valence-electron chi connectivity index (χ0n) is 14.4. The Hall–Kier alpha value is -1.96. The number of aliphatic imine (C=N–C) groups is 1. The number of ether oxygens (including phenoxy) is 2. The molecule has 0 amide bonds. The average Bonchev–Trinajstić information content (AvgIpc) is 3.00. The molecule has 1 aromatic rings. The summed E-state index contributed by atoms with van der Waals surface area (Å²) in [5.41, 5.74) is 0.736. The molecule has 2 rings (SSSR count). The molecular weight excluding hydrogens is 335 g/mol. The summed E-state index contributed by atoms with van der Waals surface area (Å²) >= 11 is 0. The van der Waals surface area contributed by atoms with E-state index < -0.39 is 12.8 Å². The van der Waals surface area contributed by atoms with Gasteiger partial charge in [0.15, 0.2) is 12.6 Å². The van der Waals surface area contributed by atoms with Crippen LogP contribution in [0.4, 0.5) is 13.2 Å². The van der Waals surface area contributed by atoms with Crippen molar-refractivity contribution in [3.63, 3.8) is 0 Å². The van der Waals surface area contributed by atoms with E-state index in [2.05, 4.69) is 27.3 Å². The second-order valence-corrected chi connectivity index (χ2v) is 6.23. The zero-order chi connectivity index (χ0) is 18.3. The van der Waals surface area contributed by atoms with E-state index in [0.29, 0.717) is 19.0 Å². The molecule has 1 unspecified atom stereocenters. The van der Waals surface area contributed by atoms with E-state index in [4.69, 9.17) is 4.74 Å². The third-order valence-electron chi connectivity index (χ3n) is 3.94. The molecule has 1 heterocycles. The number of hydrogen-bond donors (Lipinski definition) is 2. The molecule has 2 N–H and O–H groups in total. The van der Waals surface area contributed by atoms with Crippen molar-refractivity contribution in [2.45, 2.75) is 38.1 Å². The monoisotopic (exact) mass is 359 g/mol. The largest absolute Gasteiger partial charge is 0.484 e. The third-order valence-corrected chi connectivity index (χ3v) is 3.94. The van der Waals surface area contributed by atoms with Crippen LogP contribution in [0, 0.1) is 0 Å². The van der Waals surface area contributed by atoms with Crippen LogP contribution in [-0.2, 0) is 11.3 Å². The second-order valence-electron chi connectivity index (χ2n) is 6.23. The molecule has 25 heavy (non-hydrogen) atoms. The highest BCUT2D eigenvalue weighted by molar-refractivity contribution is 5.79. The van der Waals surface area contributed by atoms with Crippen LogP contribution in [0.1, 0.15) is 25.3 Å². The van der Waals surface area contributed by atoms with Crippen LogP contribution >= 0.6 is 0 Å². The Morgan fingerprint density at radius 1 is 1.28 bits per heavy atom. The highest BCUT2D eigenvalue weighted by Crippen LogP contribution is 2.23. The summed E-state index contributed by atoms with van der Waals surface area (Å²) in [6.07, 6.45) is -2.26. The van der Waals surface area contributed by atoms with Crippen LogP contribution in [0.2, 0.25) is 0 Å². The number of guanidine groups is 1. The Morgan fingerprint density at radius 3 is 2.56 bits per heavy atom. The summed E-state index contributed by atoms with van der Waals surface area (Å²) in [5, 5.41) is 6.40. The highest BCUT2D eigenvalue weighted by atomic mass is 19.4. The lowest BCUT2D eigenvalue weighted by molar-refractivity contribution is -0.153. The van der Waals surface area contributed by atoms with Crippen LogP contribution in [0.5, 0.6) is 5.75 Å². The van der Waals surface area contributed by atoms with Gasteiger partial charge in [0.2, 0.25) is 0 Å². The quantitative estimate of drug-likeness (QED) is 0.606. The summed E-state index contributed by atoms with van der Waals surface area (Å²) in [4.78, 5) is 4.16. The van der Waals surface area contributed by atoms with Gasteiger partial charge in [0, 0.05) is 26.7 Å². The van der Waals surface area contributed by atoms with Crippen LogP contribution in [0.15, 0.2) is 29.3 Å². The SMILES string of the molecule is CN=C(NCc1ccc(OCC(F)(F)F)cc1)NCC1(C)CCCO1. The fourth-order valence-electron chi connectivity index (χ4n) is 2.52. The van der Waals surface area contributed by atoms with E-state index in [1.165, 1.54) is 12.1 Å². The number of benzene rings is 1. The second kappa shape index (κ2) is 8.42. The van der Waals surface area contributed by atoms with Crippen molar-refractivity contribution in [2.24, 2.45) is 4.99 Å². The smallest absolute Gasteiger partial charge is 0.422 e. The number of nitrogens with zero attached hydrogens (tertiary/aromatic N) is 1. The number of rotatable bonds is 6. The Labute approximate surface area is 145 Å². The Balaban J connectivity index is 1.77. The molecule has 0 aliphatic carbocycles. The van der Waals surface area contributed by atoms with E-state index in [0.717, 1.165) is 25.0 Å². The first-order valence-corrected chi connectivity index (χ1v) is 8.17. The fourth-order valence-corrected chi connectivity index (χ4v) is 2.52. The van der Waals surface area contributed by atoms with Crippen molar-refractivity contribution in [3.8, 4) is 5.75 Å². The van der Waals surface area contributed by atoms with Gasteiger partial charge in [-0.25, -0.2) is 0 Å². The minimum atomic E-state index is -4.34. The molecule has 5 nitrogen and oxygen atoms in total. The van der Waals surface area contributed by atoms with Crippen molar-refractivity contribution in [1.29, 1.82) is 0 Å². The first-order chi connectivity index (χ1) is 11.8. The number of alkyl halides is 3. The van der Waals surface area contributed by atoms with Gasteiger partial charge in [-0.3, -0.25) is 4.99 Å². The first-order valence-electron chi connectivity index (χ1n) is 8.17. The average molecular weight is 359 g/mol. The molecule has 1 atom stereocenters. The third kappa shape index (κ3) is 6.81. The van der Waals surface area contributed by atoms with Gasteiger partial charge in [-0.15, -0.1) is 0 Å². The van der Waals surface area contributed by atoms with Gasteiger partial charge in [0.25, 0.3) is 0 Å². The lowest BCUT2D eigenvalue weighted by Crippen LogP contribution is -2.45. The molecule has 140 valence electrons. The van der Waals surface area contributed by atoms with Gasteiger partial charge in [0.1, 0.15) is 5.75 Å². The molecule has 0 saturated carbocycles. The standard InChI is InChI=1S/C17H24F3N3O2/c1-16(8-3-9-25-16)11-23-15(21-2)22-10-13-4-6-14(7-5-13)24-12-17(18,19)20/h4-7H,3,8-12H2,1-2H3,(H2,21,22,23). The summed E-state index contributed by atoms with van der Waals surface area (Å²) in [7, 11) is 1.68. The van der Waals surface area contributed by atoms with Crippen molar-refractivity contribution < 1.29 is 22.6 Å². The topological polar surface area (TPSA) is 54.9 Å². The first kappa shape index (κ1) is 19.4. The molecular formula is C17H24F3N3O2. The number of nitrogens with one attached hydrogen (secondary N) is 2. The van der Waals surface area contributed by atoms with E-state index in [-0.39, 0.29) is 11.4 Å². The van der Waals surface area contributed by atoms with Gasteiger partial charge in [-0.1, -0.05) is 12.1 Å². The van der Waals surface area contributed by atoms with Gasteiger partial charge in [0.05, 0.1) is 5.60 Å². The Morgan fingerprint density at radius 2 is 2.00 bits per heavy atom. The molecule has 1 aliphatic rings. The summed E-state index contributed by atoms with van der Waals surface area (Å²) in [6.45, 7) is 2.72. The minimum absolute atomic E-state index is 0.172. The molecule has 1 fully saturated rings.